The lowest BCUT2D eigenvalue weighted by atomic mass is 10.5. The summed E-state index contributed by atoms with van der Waals surface area (Å²) in [7, 11) is 3.72. The van der Waals surface area contributed by atoms with E-state index in [-0.39, 0.29) is 0 Å². The number of rotatable bonds is 16. The SMILES string of the molecule is CCOCCOCCN(C)CCOCCOCCOC. The second kappa shape index (κ2) is 16.8. The topological polar surface area (TPSA) is 49.4 Å². The molecule has 0 rings (SSSR count). The molecule has 0 spiro atoms. The first-order chi connectivity index (χ1) is 9.81. The Labute approximate surface area is 123 Å². The standard InChI is InChI=1S/C14H31NO5/c1-4-17-11-12-18-7-5-15(2)6-8-19-13-14-20-10-9-16-3/h4-14H2,1-3H3. The molecule has 0 atom stereocenters. The molecule has 0 aliphatic rings. The molecule has 0 aliphatic carbocycles. The normalized spacial score (nSPS) is 11.4. The zero-order chi connectivity index (χ0) is 14.9. The minimum atomic E-state index is 0.619. The predicted molar refractivity (Wildman–Crippen MR) is 78.3 cm³/mol. The Bertz CT molecular complexity index is 183. The molecule has 20 heavy (non-hydrogen) atoms. The molecule has 0 unspecified atom stereocenters. The lowest BCUT2D eigenvalue weighted by Crippen LogP contribution is -2.27. The molecule has 0 heterocycles. The maximum Gasteiger partial charge on any atom is 0.0701 e. The van der Waals surface area contributed by atoms with E-state index >= 15 is 0 Å². The average Bonchev–Trinajstić information content (AvgIpc) is 2.45. The van der Waals surface area contributed by atoms with Gasteiger partial charge >= 0.3 is 0 Å². The first kappa shape index (κ1) is 19.8. The van der Waals surface area contributed by atoms with Crippen LogP contribution in [0, 0.1) is 0 Å². The number of hydrogen-bond acceptors (Lipinski definition) is 6. The van der Waals surface area contributed by atoms with Crippen LogP contribution in [0.2, 0.25) is 0 Å². The maximum absolute atomic E-state index is 5.48. The first-order valence-corrected chi connectivity index (χ1v) is 7.29. The fourth-order valence-corrected chi connectivity index (χ4v) is 1.38. The first-order valence-electron chi connectivity index (χ1n) is 7.29. The Balaban J connectivity index is 3.10. The van der Waals surface area contributed by atoms with Gasteiger partial charge in [0.2, 0.25) is 0 Å². The third kappa shape index (κ3) is 15.8. The Morgan fingerprint density at radius 1 is 0.650 bits per heavy atom. The molecule has 0 aromatic carbocycles. The summed E-state index contributed by atoms with van der Waals surface area (Å²) in [6.45, 7) is 9.80. The molecule has 0 saturated carbocycles. The van der Waals surface area contributed by atoms with Gasteiger partial charge in [-0.25, -0.2) is 0 Å². The van der Waals surface area contributed by atoms with Gasteiger partial charge in [-0.2, -0.15) is 0 Å². The van der Waals surface area contributed by atoms with Gasteiger partial charge in [-0.3, -0.25) is 0 Å². The Kier molecular flexibility index (Phi) is 16.6. The van der Waals surface area contributed by atoms with Crippen molar-refractivity contribution < 1.29 is 23.7 Å². The molecule has 0 N–H and O–H groups in total. The average molecular weight is 293 g/mol. The summed E-state index contributed by atoms with van der Waals surface area (Å²) in [5, 5.41) is 0. The van der Waals surface area contributed by atoms with Crippen molar-refractivity contribution in [3.8, 4) is 0 Å². The number of likely N-dealkylation sites (N-methyl/N-ethyl adjacent to an activating group) is 1. The van der Waals surface area contributed by atoms with Crippen molar-refractivity contribution in [2.24, 2.45) is 0 Å². The molecule has 0 aromatic heterocycles. The van der Waals surface area contributed by atoms with E-state index in [1.807, 2.05) is 6.92 Å². The lowest BCUT2D eigenvalue weighted by Gasteiger charge is -2.16. The second-order valence-corrected chi connectivity index (χ2v) is 4.33. The molecule has 0 radical (unpaired) electrons. The highest BCUT2D eigenvalue weighted by molar-refractivity contribution is 4.49. The molecule has 122 valence electrons. The highest BCUT2D eigenvalue weighted by atomic mass is 16.5. The minimum Gasteiger partial charge on any atom is -0.382 e. The summed E-state index contributed by atoms with van der Waals surface area (Å²) < 4.78 is 26.3. The van der Waals surface area contributed by atoms with Gasteiger partial charge in [0.15, 0.2) is 0 Å². The van der Waals surface area contributed by atoms with Gasteiger partial charge in [0.25, 0.3) is 0 Å². The molecule has 0 fully saturated rings. The summed E-state index contributed by atoms with van der Waals surface area (Å²) in [6, 6.07) is 0. The van der Waals surface area contributed by atoms with Crippen LogP contribution in [-0.2, 0) is 23.7 Å². The highest BCUT2D eigenvalue weighted by Crippen LogP contribution is 1.86. The van der Waals surface area contributed by atoms with Crippen LogP contribution < -0.4 is 0 Å². The van der Waals surface area contributed by atoms with Crippen LogP contribution in [0.3, 0.4) is 0 Å². The third-order valence-corrected chi connectivity index (χ3v) is 2.61. The van der Waals surface area contributed by atoms with Gasteiger partial charge in [-0.05, 0) is 14.0 Å². The van der Waals surface area contributed by atoms with Crippen LogP contribution in [0.25, 0.3) is 0 Å². The zero-order valence-corrected chi connectivity index (χ0v) is 13.3. The molecular formula is C14H31NO5. The van der Waals surface area contributed by atoms with Gasteiger partial charge < -0.3 is 28.6 Å². The van der Waals surface area contributed by atoms with Gasteiger partial charge in [0, 0.05) is 26.8 Å². The van der Waals surface area contributed by atoms with Crippen LogP contribution in [0.15, 0.2) is 0 Å². The van der Waals surface area contributed by atoms with Crippen LogP contribution in [0.1, 0.15) is 6.92 Å². The summed E-state index contributed by atoms with van der Waals surface area (Å²) in [4.78, 5) is 2.19. The van der Waals surface area contributed by atoms with Gasteiger partial charge in [0.05, 0.1) is 52.9 Å². The van der Waals surface area contributed by atoms with Crippen molar-refractivity contribution >= 4 is 0 Å². The largest absolute Gasteiger partial charge is 0.382 e. The summed E-state index contributed by atoms with van der Waals surface area (Å²) in [5.41, 5.74) is 0. The molecule has 0 aromatic rings. The van der Waals surface area contributed by atoms with Crippen LogP contribution in [0.5, 0.6) is 0 Å². The van der Waals surface area contributed by atoms with Crippen LogP contribution in [-0.4, -0.2) is 91.6 Å². The Morgan fingerprint density at radius 2 is 1.10 bits per heavy atom. The van der Waals surface area contributed by atoms with Gasteiger partial charge in [-0.15, -0.1) is 0 Å². The van der Waals surface area contributed by atoms with E-state index in [4.69, 9.17) is 23.7 Å². The number of hydrogen-bond donors (Lipinski definition) is 0. The van der Waals surface area contributed by atoms with Gasteiger partial charge in [-0.1, -0.05) is 0 Å². The summed E-state index contributed by atoms with van der Waals surface area (Å²) in [5.74, 6) is 0. The van der Waals surface area contributed by atoms with Crippen molar-refractivity contribution in [3.05, 3.63) is 0 Å². The number of ether oxygens (including phenoxy) is 5. The fourth-order valence-electron chi connectivity index (χ4n) is 1.38. The van der Waals surface area contributed by atoms with Crippen molar-refractivity contribution in [1.82, 2.24) is 4.90 Å². The van der Waals surface area contributed by atoms with E-state index in [1.54, 1.807) is 7.11 Å². The molecule has 0 amide bonds. The molecule has 6 nitrogen and oxygen atoms in total. The van der Waals surface area contributed by atoms with E-state index in [2.05, 4.69) is 11.9 Å². The van der Waals surface area contributed by atoms with Crippen molar-refractivity contribution in [1.29, 1.82) is 0 Å². The smallest absolute Gasteiger partial charge is 0.0701 e. The quantitative estimate of drug-likeness (QED) is 0.390. The fraction of sp³-hybridized carbons (Fsp3) is 1.00. The molecule has 0 bridgehead atoms. The van der Waals surface area contributed by atoms with Gasteiger partial charge in [0.1, 0.15) is 0 Å². The zero-order valence-electron chi connectivity index (χ0n) is 13.3. The number of methoxy groups -OCH3 is 1. The van der Waals surface area contributed by atoms with E-state index < -0.39 is 0 Å². The van der Waals surface area contributed by atoms with E-state index in [0.29, 0.717) is 46.2 Å². The van der Waals surface area contributed by atoms with E-state index in [0.717, 1.165) is 26.3 Å². The number of nitrogens with zero attached hydrogens (tertiary/aromatic N) is 1. The predicted octanol–water partition coefficient (Wildman–Crippen LogP) is 0.651. The van der Waals surface area contributed by atoms with E-state index in [1.165, 1.54) is 0 Å². The monoisotopic (exact) mass is 293 g/mol. The summed E-state index contributed by atoms with van der Waals surface area (Å²) in [6.07, 6.45) is 0. The highest BCUT2D eigenvalue weighted by Gasteiger charge is 1.98. The molecule has 6 heteroatoms. The minimum absolute atomic E-state index is 0.619. The molecule has 0 saturated heterocycles. The van der Waals surface area contributed by atoms with Crippen LogP contribution >= 0.6 is 0 Å². The Morgan fingerprint density at radius 3 is 1.60 bits per heavy atom. The molecular weight excluding hydrogens is 262 g/mol. The summed E-state index contributed by atoms with van der Waals surface area (Å²) >= 11 is 0. The lowest BCUT2D eigenvalue weighted by molar-refractivity contribution is 0.0168. The third-order valence-electron chi connectivity index (χ3n) is 2.61. The van der Waals surface area contributed by atoms with Crippen molar-refractivity contribution in [2.45, 2.75) is 6.92 Å². The van der Waals surface area contributed by atoms with Crippen LogP contribution in [0.4, 0.5) is 0 Å². The second-order valence-electron chi connectivity index (χ2n) is 4.33. The Hall–Kier alpha value is -0.240. The van der Waals surface area contributed by atoms with E-state index in [9.17, 15) is 0 Å². The van der Waals surface area contributed by atoms with Crippen molar-refractivity contribution in [2.75, 3.05) is 86.7 Å². The molecule has 0 aliphatic heterocycles. The maximum atomic E-state index is 5.48. The van der Waals surface area contributed by atoms with Crippen molar-refractivity contribution in [3.63, 3.8) is 0 Å².